The van der Waals surface area contributed by atoms with E-state index in [1.165, 1.54) is 33.4 Å². The van der Waals surface area contributed by atoms with Gasteiger partial charge in [0.05, 0.1) is 0 Å². The third-order valence-corrected chi connectivity index (χ3v) is 6.24. The number of benzene rings is 2. The molecular formula is C26H32O. The molecule has 0 aromatic heterocycles. The van der Waals surface area contributed by atoms with Crippen LogP contribution in [0.25, 0.3) is 11.1 Å². The second-order valence-corrected chi connectivity index (χ2v) is 9.09. The molecule has 27 heavy (non-hydrogen) atoms. The van der Waals surface area contributed by atoms with Crippen LogP contribution in [0.2, 0.25) is 0 Å². The topological polar surface area (TPSA) is 20.2 Å². The fourth-order valence-electron chi connectivity index (χ4n) is 4.37. The standard InChI is InChI=1S/C26H32O/c1-15-13-22(25(27)23(14-15)26(6,7)8)20-11-9-10-12-21(20)24-18(4)16(2)17(3)19(24)5/h9-14,24,27H,1-8H3. The summed E-state index contributed by atoms with van der Waals surface area (Å²) in [5.74, 6) is 0.703. The lowest BCUT2D eigenvalue weighted by Crippen LogP contribution is -2.12. The van der Waals surface area contributed by atoms with Crippen molar-refractivity contribution >= 4 is 0 Å². The quantitative estimate of drug-likeness (QED) is 0.590. The predicted octanol–water partition coefficient (Wildman–Crippen LogP) is 7.44. The van der Waals surface area contributed by atoms with Crippen LogP contribution in [0.1, 0.15) is 71.1 Å². The van der Waals surface area contributed by atoms with E-state index in [2.05, 4.69) is 91.8 Å². The average molecular weight is 361 g/mol. The third-order valence-electron chi connectivity index (χ3n) is 6.24. The van der Waals surface area contributed by atoms with Gasteiger partial charge in [0.15, 0.2) is 0 Å². The van der Waals surface area contributed by atoms with Gasteiger partial charge in [0.1, 0.15) is 5.75 Å². The Morgan fingerprint density at radius 1 is 0.778 bits per heavy atom. The minimum absolute atomic E-state index is 0.105. The van der Waals surface area contributed by atoms with Crippen molar-refractivity contribution in [3.63, 3.8) is 0 Å². The van der Waals surface area contributed by atoms with Gasteiger partial charge in [-0.25, -0.2) is 0 Å². The number of hydrogen-bond acceptors (Lipinski definition) is 1. The first-order valence-electron chi connectivity index (χ1n) is 9.82. The molecule has 0 fully saturated rings. The second kappa shape index (κ2) is 6.71. The average Bonchev–Trinajstić information content (AvgIpc) is 2.79. The van der Waals surface area contributed by atoms with Crippen LogP contribution >= 0.6 is 0 Å². The normalized spacial score (nSPS) is 15.9. The van der Waals surface area contributed by atoms with Gasteiger partial charge < -0.3 is 5.11 Å². The first-order chi connectivity index (χ1) is 12.5. The maximum Gasteiger partial charge on any atom is 0.127 e. The molecule has 1 aliphatic rings. The lowest BCUT2D eigenvalue weighted by Gasteiger charge is -2.25. The first kappa shape index (κ1) is 19.5. The predicted molar refractivity (Wildman–Crippen MR) is 116 cm³/mol. The molecule has 0 bridgehead atoms. The van der Waals surface area contributed by atoms with Crippen LogP contribution in [0.3, 0.4) is 0 Å². The Morgan fingerprint density at radius 3 is 1.89 bits per heavy atom. The molecule has 0 saturated carbocycles. The molecular weight excluding hydrogens is 328 g/mol. The lowest BCUT2D eigenvalue weighted by atomic mass is 9.80. The molecule has 0 spiro atoms. The van der Waals surface area contributed by atoms with E-state index in [1.807, 2.05) is 0 Å². The van der Waals surface area contributed by atoms with E-state index in [1.54, 1.807) is 0 Å². The number of aryl methyl sites for hydroxylation is 1. The van der Waals surface area contributed by atoms with Gasteiger partial charge in [-0.05, 0) is 73.9 Å². The van der Waals surface area contributed by atoms with Crippen LogP contribution in [0.15, 0.2) is 58.7 Å². The van der Waals surface area contributed by atoms with Gasteiger partial charge in [-0.2, -0.15) is 0 Å². The summed E-state index contributed by atoms with van der Waals surface area (Å²) in [5, 5.41) is 11.2. The molecule has 0 amide bonds. The zero-order chi connectivity index (χ0) is 20.1. The summed E-state index contributed by atoms with van der Waals surface area (Å²) in [6.07, 6.45) is 0. The van der Waals surface area contributed by atoms with Crippen molar-refractivity contribution in [2.45, 2.75) is 66.7 Å². The Labute approximate surface area is 164 Å². The highest BCUT2D eigenvalue weighted by Crippen LogP contribution is 2.48. The summed E-state index contributed by atoms with van der Waals surface area (Å²) in [5.41, 5.74) is 11.1. The zero-order valence-corrected chi connectivity index (χ0v) is 18.0. The van der Waals surface area contributed by atoms with E-state index in [9.17, 15) is 5.11 Å². The van der Waals surface area contributed by atoms with Crippen LogP contribution in [0.5, 0.6) is 5.75 Å². The molecule has 1 heteroatoms. The van der Waals surface area contributed by atoms with E-state index in [4.69, 9.17) is 0 Å². The molecule has 0 unspecified atom stereocenters. The van der Waals surface area contributed by atoms with Crippen molar-refractivity contribution in [1.29, 1.82) is 0 Å². The second-order valence-electron chi connectivity index (χ2n) is 9.09. The highest BCUT2D eigenvalue weighted by molar-refractivity contribution is 5.78. The molecule has 0 radical (unpaired) electrons. The minimum atomic E-state index is -0.105. The Balaban J connectivity index is 2.28. The molecule has 0 aliphatic heterocycles. The maximum absolute atomic E-state index is 11.2. The monoisotopic (exact) mass is 360 g/mol. The van der Waals surface area contributed by atoms with Crippen molar-refractivity contribution in [3.8, 4) is 16.9 Å². The summed E-state index contributed by atoms with van der Waals surface area (Å²) in [6, 6.07) is 12.8. The Bertz CT molecular complexity index is 940. The smallest absolute Gasteiger partial charge is 0.127 e. The maximum atomic E-state index is 11.2. The Hall–Kier alpha value is -2.28. The molecule has 2 aromatic carbocycles. The van der Waals surface area contributed by atoms with E-state index in [0.29, 0.717) is 11.7 Å². The fraction of sp³-hybridized carbons (Fsp3) is 0.385. The Morgan fingerprint density at radius 2 is 1.33 bits per heavy atom. The number of allylic oxidation sites excluding steroid dienone is 4. The van der Waals surface area contributed by atoms with Crippen LogP contribution in [0, 0.1) is 6.92 Å². The van der Waals surface area contributed by atoms with Gasteiger partial charge in [0.2, 0.25) is 0 Å². The molecule has 0 heterocycles. The first-order valence-corrected chi connectivity index (χ1v) is 9.82. The highest BCUT2D eigenvalue weighted by atomic mass is 16.3. The fourth-order valence-corrected chi connectivity index (χ4v) is 4.37. The van der Waals surface area contributed by atoms with Gasteiger partial charge in [0, 0.05) is 17.0 Å². The largest absolute Gasteiger partial charge is 0.507 e. The van der Waals surface area contributed by atoms with Crippen molar-refractivity contribution in [2.24, 2.45) is 0 Å². The lowest BCUT2D eigenvalue weighted by molar-refractivity contribution is 0.448. The number of aromatic hydroxyl groups is 1. The molecule has 1 aliphatic carbocycles. The third kappa shape index (κ3) is 3.25. The van der Waals surface area contributed by atoms with Crippen LogP contribution < -0.4 is 0 Å². The van der Waals surface area contributed by atoms with Crippen molar-refractivity contribution in [1.82, 2.24) is 0 Å². The Kier molecular flexibility index (Phi) is 4.84. The van der Waals surface area contributed by atoms with E-state index in [-0.39, 0.29) is 5.41 Å². The molecule has 2 aromatic rings. The number of rotatable bonds is 2. The summed E-state index contributed by atoms with van der Waals surface area (Å²) in [7, 11) is 0. The molecule has 142 valence electrons. The number of phenols is 1. The van der Waals surface area contributed by atoms with Crippen LogP contribution in [-0.4, -0.2) is 5.11 Å². The number of hydrogen-bond donors (Lipinski definition) is 1. The van der Waals surface area contributed by atoms with Crippen molar-refractivity contribution in [2.75, 3.05) is 0 Å². The highest BCUT2D eigenvalue weighted by Gasteiger charge is 2.29. The van der Waals surface area contributed by atoms with E-state index in [0.717, 1.165) is 16.7 Å². The van der Waals surface area contributed by atoms with Crippen molar-refractivity contribution in [3.05, 3.63) is 75.4 Å². The minimum Gasteiger partial charge on any atom is -0.507 e. The molecule has 1 nitrogen and oxygen atoms in total. The summed E-state index contributed by atoms with van der Waals surface area (Å²) in [6.45, 7) is 17.5. The van der Waals surface area contributed by atoms with Gasteiger partial charge in [0.25, 0.3) is 0 Å². The van der Waals surface area contributed by atoms with E-state index >= 15 is 0 Å². The summed E-state index contributed by atoms with van der Waals surface area (Å²) in [4.78, 5) is 0. The van der Waals surface area contributed by atoms with Crippen LogP contribution in [-0.2, 0) is 5.41 Å². The molecule has 3 rings (SSSR count). The van der Waals surface area contributed by atoms with Gasteiger partial charge >= 0.3 is 0 Å². The van der Waals surface area contributed by atoms with E-state index < -0.39 is 0 Å². The summed E-state index contributed by atoms with van der Waals surface area (Å²) >= 11 is 0. The molecule has 0 saturated heterocycles. The van der Waals surface area contributed by atoms with Gasteiger partial charge in [-0.1, -0.05) is 62.2 Å². The number of phenolic OH excluding ortho intramolecular Hbond substituents is 1. The molecule has 0 atom stereocenters. The van der Waals surface area contributed by atoms with Gasteiger partial charge in [-0.3, -0.25) is 0 Å². The summed E-state index contributed by atoms with van der Waals surface area (Å²) < 4.78 is 0. The van der Waals surface area contributed by atoms with Gasteiger partial charge in [-0.15, -0.1) is 0 Å². The zero-order valence-electron chi connectivity index (χ0n) is 18.0. The van der Waals surface area contributed by atoms with Crippen LogP contribution in [0.4, 0.5) is 0 Å². The SMILES string of the molecule is CC1=C(C)C(c2ccccc2-c2cc(C)cc(C(C)(C)C)c2O)C(C)=C1C. The molecule has 1 N–H and O–H groups in total. The van der Waals surface area contributed by atoms with Crippen molar-refractivity contribution < 1.29 is 5.11 Å².